The van der Waals surface area contributed by atoms with Gasteiger partial charge in [0.05, 0.1) is 0 Å². The van der Waals surface area contributed by atoms with E-state index in [1.54, 1.807) is 0 Å². The molecule has 0 fully saturated rings. The van der Waals surface area contributed by atoms with Gasteiger partial charge in [-0.1, -0.05) is 179 Å². The Hall–Kier alpha value is -5.93. The average molecular weight is 644 g/mol. The summed E-state index contributed by atoms with van der Waals surface area (Å²) in [6.45, 7) is 9.64. The highest BCUT2D eigenvalue weighted by Crippen LogP contribution is 2.56. The van der Waals surface area contributed by atoms with Gasteiger partial charge in [-0.05, 0) is 60.3 Å². The third-order valence-corrected chi connectivity index (χ3v) is 11.3. The fourth-order valence-corrected chi connectivity index (χ4v) is 7.97. The number of hydrogen-bond acceptors (Lipinski definition) is 3. The molecule has 8 aromatic rings. The van der Waals surface area contributed by atoms with Crippen LogP contribution in [-0.4, -0.2) is 15.0 Å². The highest BCUT2D eigenvalue weighted by Gasteiger charge is 2.46. The number of fused-ring (bicyclic) bond motifs is 7. The van der Waals surface area contributed by atoms with Crippen LogP contribution in [0.2, 0.25) is 0 Å². The van der Waals surface area contributed by atoms with Crippen molar-refractivity contribution in [2.75, 3.05) is 0 Å². The van der Waals surface area contributed by atoms with Crippen molar-refractivity contribution in [3.63, 3.8) is 0 Å². The molecule has 0 amide bonds. The van der Waals surface area contributed by atoms with Gasteiger partial charge < -0.3 is 0 Å². The van der Waals surface area contributed by atoms with Gasteiger partial charge in [-0.3, -0.25) is 0 Å². The summed E-state index contributed by atoms with van der Waals surface area (Å²) >= 11 is 0. The average Bonchev–Trinajstić information content (AvgIpc) is 3.17. The molecule has 240 valence electrons. The van der Waals surface area contributed by atoms with Crippen LogP contribution in [0.5, 0.6) is 0 Å². The Morgan fingerprint density at radius 3 is 1.44 bits per heavy atom. The van der Waals surface area contributed by atoms with E-state index in [1.807, 2.05) is 60.7 Å². The Balaban J connectivity index is 1.15. The molecule has 0 radical (unpaired) electrons. The van der Waals surface area contributed by atoms with Gasteiger partial charge in [0.2, 0.25) is 0 Å². The second-order valence-electron chi connectivity index (χ2n) is 14.5. The van der Waals surface area contributed by atoms with E-state index >= 15 is 0 Å². The van der Waals surface area contributed by atoms with Gasteiger partial charge in [-0.25, -0.2) is 15.0 Å². The summed E-state index contributed by atoms with van der Waals surface area (Å²) in [4.78, 5) is 14.7. The number of nitrogens with zero attached hydrogens (tertiary/aromatic N) is 3. The molecule has 0 aliphatic heterocycles. The molecule has 7 aromatic carbocycles. The summed E-state index contributed by atoms with van der Waals surface area (Å²) in [5.74, 6) is 1.98. The summed E-state index contributed by atoms with van der Waals surface area (Å²) in [5.41, 5.74) is 10.7. The van der Waals surface area contributed by atoms with Crippen LogP contribution in [0.15, 0.2) is 152 Å². The van der Waals surface area contributed by atoms with E-state index in [9.17, 15) is 0 Å². The molecule has 0 saturated carbocycles. The lowest BCUT2D eigenvalue weighted by Crippen LogP contribution is -2.43. The molecule has 3 heteroatoms. The van der Waals surface area contributed by atoms with Crippen LogP contribution in [0.1, 0.15) is 38.8 Å². The van der Waals surface area contributed by atoms with Gasteiger partial charge in [0.1, 0.15) is 0 Å². The Labute approximate surface area is 293 Å². The lowest BCUT2D eigenvalue weighted by atomic mass is 9.54. The third-order valence-electron chi connectivity index (χ3n) is 11.3. The van der Waals surface area contributed by atoms with Crippen LogP contribution < -0.4 is 0 Å². The van der Waals surface area contributed by atoms with Crippen molar-refractivity contribution in [2.24, 2.45) is 0 Å². The number of aromatic nitrogens is 3. The summed E-state index contributed by atoms with van der Waals surface area (Å²) in [6, 6.07) is 53.9. The van der Waals surface area contributed by atoms with Crippen molar-refractivity contribution < 1.29 is 0 Å². The van der Waals surface area contributed by atoms with Gasteiger partial charge in [-0.15, -0.1) is 0 Å². The summed E-state index contributed by atoms with van der Waals surface area (Å²) in [5, 5.41) is 5.17. The van der Waals surface area contributed by atoms with Crippen molar-refractivity contribution in [3.8, 4) is 56.4 Å². The van der Waals surface area contributed by atoms with Crippen LogP contribution in [0, 0.1) is 0 Å². The molecule has 1 aliphatic rings. The van der Waals surface area contributed by atoms with Gasteiger partial charge in [0, 0.05) is 22.1 Å². The molecule has 0 unspecified atom stereocenters. The van der Waals surface area contributed by atoms with Crippen molar-refractivity contribution in [1.29, 1.82) is 0 Å². The van der Waals surface area contributed by atoms with Crippen LogP contribution >= 0.6 is 0 Å². The number of benzene rings is 7. The molecule has 50 heavy (non-hydrogen) atoms. The minimum Gasteiger partial charge on any atom is -0.208 e. The maximum Gasteiger partial charge on any atom is 0.164 e. The lowest BCUT2D eigenvalue weighted by Gasteiger charge is -2.49. The standard InChI is InChI=1S/C47H37N3/c1-46(2)41-21-12-11-18-38(41)40-29-27-37-35-20-13-19-34(36(35)26-28-39(37)42(40)47(46,3)4)30-22-24-33(25-23-30)45-49-43(31-14-7-5-8-15-31)48-44(50-45)32-16-9-6-10-17-32/h5-29H,1-4H3. The smallest absolute Gasteiger partial charge is 0.164 e. The molecular weight excluding hydrogens is 607 g/mol. The summed E-state index contributed by atoms with van der Waals surface area (Å²) in [7, 11) is 0. The number of rotatable bonds is 4. The van der Waals surface area contributed by atoms with E-state index in [1.165, 1.54) is 49.4 Å². The highest BCUT2D eigenvalue weighted by atomic mass is 15.0. The minimum atomic E-state index is -0.0624. The highest BCUT2D eigenvalue weighted by molar-refractivity contribution is 6.14. The van der Waals surface area contributed by atoms with E-state index in [-0.39, 0.29) is 10.8 Å². The molecule has 1 heterocycles. The lowest BCUT2D eigenvalue weighted by molar-refractivity contribution is 0.301. The molecule has 1 aliphatic carbocycles. The molecule has 0 N–H and O–H groups in total. The summed E-state index contributed by atoms with van der Waals surface area (Å²) in [6.07, 6.45) is 0. The zero-order valence-corrected chi connectivity index (χ0v) is 28.8. The normalized spacial score (nSPS) is 14.3. The van der Waals surface area contributed by atoms with Gasteiger partial charge in [-0.2, -0.15) is 0 Å². The zero-order valence-electron chi connectivity index (χ0n) is 28.8. The van der Waals surface area contributed by atoms with Crippen molar-refractivity contribution in [2.45, 2.75) is 38.5 Å². The van der Waals surface area contributed by atoms with Crippen LogP contribution in [0.25, 0.3) is 78.0 Å². The van der Waals surface area contributed by atoms with Gasteiger partial charge in [0.25, 0.3) is 0 Å². The molecule has 0 bridgehead atoms. The Morgan fingerprint density at radius 1 is 0.320 bits per heavy atom. The maximum atomic E-state index is 4.93. The van der Waals surface area contributed by atoms with E-state index in [2.05, 4.69) is 119 Å². The predicted octanol–water partition coefficient (Wildman–Crippen LogP) is 12.1. The third kappa shape index (κ3) is 4.61. The van der Waals surface area contributed by atoms with E-state index < -0.39 is 0 Å². The SMILES string of the molecule is CC1(C)c2ccccc2-c2ccc3c(ccc4c(-c5ccc(-c6nc(-c7ccccc7)nc(-c7ccccc7)n6)cc5)cccc43)c2C1(C)C. The first-order valence-electron chi connectivity index (χ1n) is 17.4. The first-order valence-corrected chi connectivity index (χ1v) is 17.4. The fraction of sp³-hybridized carbons (Fsp3) is 0.128. The van der Waals surface area contributed by atoms with Crippen LogP contribution in [-0.2, 0) is 10.8 Å². The quantitative estimate of drug-likeness (QED) is 0.179. The molecule has 1 aromatic heterocycles. The van der Waals surface area contributed by atoms with E-state index in [4.69, 9.17) is 15.0 Å². The Morgan fingerprint density at radius 2 is 0.800 bits per heavy atom. The maximum absolute atomic E-state index is 4.93. The molecule has 0 atom stereocenters. The van der Waals surface area contributed by atoms with Gasteiger partial charge in [0.15, 0.2) is 17.5 Å². The molecular formula is C47H37N3. The van der Waals surface area contributed by atoms with E-state index in [0.29, 0.717) is 17.5 Å². The Bertz CT molecular complexity index is 2510. The van der Waals surface area contributed by atoms with Crippen LogP contribution in [0.4, 0.5) is 0 Å². The molecule has 0 saturated heterocycles. The Kier molecular flexibility index (Phi) is 6.82. The van der Waals surface area contributed by atoms with Crippen molar-refractivity contribution in [3.05, 3.63) is 163 Å². The van der Waals surface area contributed by atoms with Gasteiger partial charge >= 0.3 is 0 Å². The number of hydrogen-bond donors (Lipinski definition) is 0. The minimum absolute atomic E-state index is 0.0221. The summed E-state index contributed by atoms with van der Waals surface area (Å²) < 4.78 is 0. The molecule has 3 nitrogen and oxygen atoms in total. The predicted molar refractivity (Wildman–Crippen MR) is 208 cm³/mol. The monoisotopic (exact) mass is 643 g/mol. The van der Waals surface area contributed by atoms with Crippen molar-refractivity contribution >= 4 is 21.5 Å². The zero-order chi connectivity index (χ0) is 34.0. The first kappa shape index (κ1) is 30.2. The first-order chi connectivity index (χ1) is 24.3. The molecule has 9 rings (SSSR count). The largest absolute Gasteiger partial charge is 0.208 e. The van der Waals surface area contributed by atoms with Crippen LogP contribution in [0.3, 0.4) is 0 Å². The van der Waals surface area contributed by atoms with E-state index in [0.717, 1.165) is 22.3 Å². The fourth-order valence-electron chi connectivity index (χ4n) is 7.97. The second-order valence-corrected chi connectivity index (χ2v) is 14.5. The molecule has 0 spiro atoms. The van der Waals surface area contributed by atoms with Crippen molar-refractivity contribution in [1.82, 2.24) is 15.0 Å². The second kappa shape index (κ2) is 11.3. The topological polar surface area (TPSA) is 38.7 Å².